The lowest BCUT2D eigenvalue weighted by Gasteiger charge is -2.43. The molecule has 2 heteroatoms. The fourth-order valence-electron chi connectivity index (χ4n) is 5.51. The van der Waals surface area contributed by atoms with Gasteiger partial charge in [-0.15, -0.1) is 0 Å². The van der Waals surface area contributed by atoms with E-state index in [2.05, 4.69) is 107 Å². The van der Waals surface area contributed by atoms with Crippen LogP contribution < -0.4 is 0 Å². The third-order valence-electron chi connectivity index (χ3n) is 7.81. The van der Waals surface area contributed by atoms with Crippen molar-refractivity contribution < 1.29 is 8.97 Å². The van der Waals surface area contributed by atoms with Crippen molar-refractivity contribution in [1.82, 2.24) is 0 Å². The Morgan fingerprint density at radius 3 is 1.81 bits per heavy atom. The third-order valence-corrected chi connectivity index (χ3v) is 7.81. The maximum Gasteiger partial charge on any atom is 0.113 e. The van der Waals surface area contributed by atoms with Crippen molar-refractivity contribution in [2.75, 3.05) is 19.6 Å². The van der Waals surface area contributed by atoms with E-state index < -0.39 is 0 Å². The minimum atomic E-state index is 0.572. The van der Waals surface area contributed by atoms with Crippen molar-refractivity contribution in [1.29, 1.82) is 0 Å². The Hall–Kier alpha value is -2.16. The predicted molar refractivity (Wildman–Crippen MR) is 133 cm³/mol. The largest absolute Gasteiger partial charge is 0.320 e. The zero-order valence-corrected chi connectivity index (χ0v) is 20.3. The smallest absolute Gasteiger partial charge is 0.113 e. The SMILES string of the molecule is CC[N+](CC)(CCC[C@@H](C)[N+]1(Cc2ccccc2)C(C)=CC=C1C)Cc1ccccc1. The summed E-state index contributed by atoms with van der Waals surface area (Å²) in [6, 6.07) is 22.6. The molecule has 0 N–H and O–H groups in total. The molecule has 3 rings (SSSR count). The second-order valence-corrected chi connectivity index (χ2v) is 9.46. The van der Waals surface area contributed by atoms with Gasteiger partial charge in [-0.25, -0.2) is 0 Å². The molecule has 1 heterocycles. The molecule has 1 aliphatic rings. The zero-order chi connectivity index (χ0) is 22.3. The van der Waals surface area contributed by atoms with Crippen molar-refractivity contribution in [2.45, 2.75) is 66.6 Å². The minimum Gasteiger partial charge on any atom is -0.320 e. The molecule has 166 valence electrons. The summed E-state index contributed by atoms with van der Waals surface area (Å²) in [6.07, 6.45) is 7.19. The molecule has 0 fully saturated rings. The van der Waals surface area contributed by atoms with Gasteiger partial charge in [-0.1, -0.05) is 60.7 Å². The molecule has 0 unspecified atom stereocenters. The van der Waals surface area contributed by atoms with Gasteiger partial charge < -0.3 is 4.48 Å². The van der Waals surface area contributed by atoms with Gasteiger partial charge in [-0.05, 0) is 20.8 Å². The van der Waals surface area contributed by atoms with Gasteiger partial charge in [-0.3, -0.25) is 4.48 Å². The lowest BCUT2D eigenvalue weighted by Crippen LogP contribution is -2.50. The number of hydrogen-bond acceptors (Lipinski definition) is 0. The first-order valence-corrected chi connectivity index (χ1v) is 12.1. The van der Waals surface area contributed by atoms with E-state index >= 15 is 0 Å². The van der Waals surface area contributed by atoms with Crippen LogP contribution in [0, 0.1) is 0 Å². The zero-order valence-electron chi connectivity index (χ0n) is 20.3. The Morgan fingerprint density at radius 1 is 0.774 bits per heavy atom. The van der Waals surface area contributed by atoms with Gasteiger partial charge in [0.25, 0.3) is 0 Å². The van der Waals surface area contributed by atoms with Crippen molar-refractivity contribution in [2.24, 2.45) is 0 Å². The number of allylic oxidation sites excluding steroid dienone is 4. The van der Waals surface area contributed by atoms with Gasteiger partial charge in [0.1, 0.15) is 24.5 Å². The molecule has 0 spiro atoms. The molecular formula is C29H42N2+2. The van der Waals surface area contributed by atoms with E-state index in [1.807, 2.05) is 0 Å². The van der Waals surface area contributed by atoms with Crippen LogP contribution >= 0.6 is 0 Å². The average molecular weight is 419 g/mol. The van der Waals surface area contributed by atoms with Crippen LogP contribution in [0.25, 0.3) is 0 Å². The van der Waals surface area contributed by atoms with Crippen LogP contribution in [0.3, 0.4) is 0 Å². The summed E-state index contributed by atoms with van der Waals surface area (Å²) in [4.78, 5) is 0. The summed E-state index contributed by atoms with van der Waals surface area (Å²) in [7, 11) is 0. The van der Waals surface area contributed by atoms with E-state index in [9.17, 15) is 0 Å². The highest BCUT2D eigenvalue weighted by Gasteiger charge is 2.41. The Morgan fingerprint density at radius 2 is 1.29 bits per heavy atom. The maximum absolute atomic E-state index is 2.46. The highest BCUT2D eigenvalue weighted by Crippen LogP contribution is 2.38. The molecule has 1 atom stereocenters. The van der Waals surface area contributed by atoms with Crippen LogP contribution in [0.2, 0.25) is 0 Å². The van der Waals surface area contributed by atoms with Gasteiger partial charge in [0, 0.05) is 50.0 Å². The molecule has 0 saturated carbocycles. The van der Waals surface area contributed by atoms with Gasteiger partial charge >= 0.3 is 0 Å². The van der Waals surface area contributed by atoms with Gasteiger partial charge in [-0.2, -0.15) is 0 Å². The quantitative estimate of drug-likeness (QED) is 0.343. The summed E-state index contributed by atoms with van der Waals surface area (Å²) in [5.74, 6) is 0. The van der Waals surface area contributed by atoms with Crippen molar-refractivity contribution in [3.05, 3.63) is 95.3 Å². The maximum atomic E-state index is 2.46. The summed E-state index contributed by atoms with van der Waals surface area (Å²) < 4.78 is 2.18. The van der Waals surface area contributed by atoms with Gasteiger partial charge in [0.15, 0.2) is 0 Å². The highest BCUT2D eigenvalue weighted by molar-refractivity contribution is 5.21. The van der Waals surface area contributed by atoms with Crippen LogP contribution in [-0.2, 0) is 13.1 Å². The Balaban J connectivity index is 1.71. The fraction of sp³-hybridized carbons (Fsp3) is 0.448. The second kappa shape index (κ2) is 10.4. The number of nitrogens with zero attached hydrogens (tertiary/aromatic N) is 2. The lowest BCUT2D eigenvalue weighted by atomic mass is 10.0. The van der Waals surface area contributed by atoms with E-state index in [0.717, 1.165) is 17.6 Å². The molecule has 2 aromatic carbocycles. The molecule has 0 radical (unpaired) electrons. The monoisotopic (exact) mass is 418 g/mol. The van der Waals surface area contributed by atoms with E-state index in [-0.39, 0.29) is 0 Å². The van der Waals surface area contributed by atoms with Crippen LogP contribution in [-0.4, -0.2) is 34.6 Å². The van der Waals surface area contributed by atoms with E-state index in [1.165, 1.54) is 59.5 Å². The Labute approximate surface area is 190 Å². The standard InChI is InChI=1S/C29H42N2/c1-6-30(7-2,23-28-16-10-8-11-17-28)22-14-15-25(3)31(26(4)20-21-27(31)5)24-29-18-12-9-13-19-29/h8-13,16-21,25H,6-7,14-15,22-24H2,1-5H3/q+2/t25-/m1/s1. The minimum absolute atomic E-state index is 0.572. The molecule has 0 aliphatic carbocycles. The molecule has 1 aliphatic heterocycles. The average Bonchev–Trinajstić information content (AvgIpc) is 3.09. The van der Waals surface area contributed by atoms with E-state index in [0.29, 0.717) is 6.04 Å². The molecule has 0 saturated heterocycles. The summed E-state index contributed by atoms with van der Waals surface area (Å²) in [6.45, 7) is 17.7. The fourth-order valence-corrected chi connectivity index (χ4v) is 5.51. The van der Waals surface area contributed by atoms with Gasteiger partial charge in [0.2, 0.25) is 0 Å². The summed E-state index contributed by atoms with van der Waals surface area (Å²) in [5, 5.41) is 0. The number of quaternary nitrogens is 2. The molecular weight excluding hydrogens is 376 g/mol. The highest BCUT2D eigenvalue weighted by atomic mass is 15.4. The van der Waals surface area contributed by atoms with Crippen molar-refractivity contribution >= 4 is 0 Å². The first-order valence-electron chi connectivity index (χ1n) is 12.1. The second-order valence-electron chi connectivity index (χ2n) is 9.46. The number of benzene rings is 2. The lowest BCUT2D eigenvalue weighted by molar-refractivity contribution is -0.938. The van der Waals surface area contributed by atoms with Crippen molar-refractivity contribution in [3.8, 4) is 0 Å². The van der Waals surface area contributed by atoms with E-state index in [4.69, 9.17) is 0 Å². The Kier molecular flexibility index (Phi) is 7.91. The molecule has 2 nitrogen and oxygen atoms in total. The normalized spacial score (nSPS) is 16.7. The van der Waals surface area contributed by atoms with Crippen LogP contribution in [0.15, 0.2) is 84.2 Å². The predicted octanol–water partition coefficient (Wildman–Crippen LogP) is 7.05. The topological polar surface area (TPSA) is 0 Å². The molecule has 0 bridgehead atoms. The van der Waals surface area contributed by atoms with Gasteiger partial charge in [0.05, 0.1) is 25.7 Å². The van der Waals surface area contributed by atoms with Crippen LogP contribution in [0.4, 0.5) is 0 Å². The molecule has 2 aromatic rings. The number of rotatable bonds is 11. The van der Waals surface area contributed by atoms with Crippen LogP contribution in [0.5, 0.6) is 0 Å². The first kappa shape index (κ1) is 23.5. The molecule has 31 heavy (non-hydrogen) atoms. The molecule has 0 aromatic heterocycles. The van der Waals surface area contributed by atoms with Crippen molar-refractivity contribution in [3.63, 3.8) is 0 Å². The van der Waals surface area contributed by atoms with Crippen LogP contribution in [0.1, 0.15) is 58.6 Å². The molecule has 0 amide bonds. The number of hydrogen-bond donors (Lipinski definition) is 0. The van der Waals surface area contributed by atoms with E-state index in [1.54, 1.807) is 0 Å². The first-order chi connectivity index (χ1) is 15.0. The summed E-state index contributed by atoms with van der Waals surface area (Å²) >= 11 is 0. The summed E-state index contributed by atoms with van der Waals surface area (Å²) in [5.41, 5.74) is 5.84. The Bertz CT molecular complexity index is 857. The third kappa shape index (κ3) is 5.19.